The molecule has 1 aromatic carbocycles. The Balaban J connectivity index is 2.21. The molecular formula is C15H13N3S. The Morgan fingerprint density at radius 1 is 1.26 bits per heavy atom. The molecule has 0 amide bonds. The lowest BCUT2D eigenvalue weighted by molar-refractivity contribution is 0.867. The Morgan fingerprint density at radius 3 is 2.74 bits per heavy atom. The third-order valence-electron chi connectivity index (χ3n) is 3.46. The number of nitriles is 1. The number of hydrogen-bond donors (Lipinski definition) is 0. The maximum absolute atomic E-state index is 9.10. The predicted octanol–water partition coefficient (Wildman–Crippen LogP) is 3.79. The van der Waals surface area contributed by atoms with Gasteiger partial charge in [0.25, 0.3) is 0 Å². The third-order valence-corrected chi connectivity index (χ3v) is 4.41. The first kappa shape index (κ1) is 11.9. The molecule has 0 saturated heterocycles. The van der Waals surface area contributed by atoms with Crippen LogP contribution in [0.15, 0.2) is 24.3 Å². The zero-order chi connectivity index (χ0) is 13.6. The Labute approximate surface area is 115 Å². The SMILES string of the molecule is Cc1nc2cc(-c3cc(C#N)n(C)c3C)ccc2s1. The van der Waals surface area contributed by atoms with Crippen molar-refractivity contribution in [1.82, 2.24) is 9.55 Å². The van der Waals surface area contributed by atoms with Gasteiger partial charge in [-0.1, -0.05) is 6.07 Å². The van der Waals surface area contributed by atoms with Crippen molar-refractivity contribution < 1.29 is 0 Å². The number of aryl methyl sites for hydroxylation is 1. The lowest BCUT2D eigenvalue weighted by Crippen LogP contribution is -1.93. The Bertz CT molecular complexity index is 818. The van der Waals surface area contributed by atoms with E-state index in [0.29, 0.717) is 5.69 Å². The molecule has 0 bridgehead atoms. The molecule has 0 aliphatic rings. The fourth-order valence-electron chi connectivity index (χ4n) is 2.31. The van der Waals surface area contributed by atoms with E-state index in [1.165, 1.54) is 4.70 Å². The van der Waals surface area contributed by atoms with E-state index in [1.54, 1.807) is 11.3 Å². The summed E-state index contributed by atoms with van der Waals surface area (Å²) >= 11 is 1.70. The Morgan fingerprint density at radius 2 is 2.05 bits per heavy atom. The van der Waals surface area contributed by atoms with Crippen molar-refractivity contribution in [2.24, 2.45) is 7.05 Å². The summed E-state index contributed by atoms with van der Waals surface area (Å²) in [6, 6.07) is 10.5. The summed E-state index contributed by atoms with van der Waals surface area (Å²) in [6.07, 6.45) is 0. The lowest BCUT2D eigenvalue weighted by Gasteiger charge is -2.02. The average molecular weight is 267 g/mol. The van der Waals surface area contributed by atoms with Crippen LogP contribution < -0.4 is 0 Å². The largest absolute Gasteiger partial charge is 0.339 e. The molecule has 0 spiro atoms. The van der Waals surface area contributed by atoms with E-state index >= 15 is 0 Å². The second kappa shape index (κ2) is 4.22. The van der Waals surface area contributed by atoms with Gasteiger partial charge in [-0.25, -0.2) is 4.98 Å². The first-order valence-electron chi connectivity index (χ1n) is 6.04. The highest BCUT2D eigenvalue weighted by molar-refractivity contribution is 7.18. The van der Waals surface area contributed by atoms with Crippen LogP contribution in [0.5, 0.6) is 0 Å². The van der Waals surface area contributed by atoms with Crippen molar-refractivity contribution in [3.8, 4) is 17.2 Å². The fraction of sp³-hybridized carbons (Fsp3) is 0.200. The van der Waals surface area contributed by atoms with Gasteiger partial charge in [-0.05, 0) is 37.6 Å². The number of hydrogen-bond acceptors (Lipinski definition) is 3. The molecule has 2 aromatic heterocycles. The molecule has 2 heterocycles. The van der Waals surface area contributed by atoms with Crippen LogP contribution in [0.3, 0.4) is 0 Å². The van der Waals surface area contributed by atoms with Crippen LogP contribution in [0.4, 0.5) is 0 Å². The minimum atomic E-state index is 0.682. The minimum Gasteiger partial charge on any atom is -0.339 e. The van der Waals surface area contributed by atoms with E-state index in [4.69, 9.17) is 5.26 Å². The van der Waals surface area contributed by atoms with E-state index in [9.17, 15) is 0 Å². The number of nitrogens with zero attached hydrogens (tertiary/aromatic N) is 3. The van der Waals surface area contributed by atoms with Gasteiger partial charge in [-0.2, -0.15) is 5.26 Å². The van der Waals surface area contributed by atoms with Crippen molar-refractivity contribution in [2.75, 3.05) is 0 Å². The molecule has 0 aliphatic carbocycles. The smallest absolute Gasteiger partial charge is 0.120 e. The van der Waals surface area contributed by atoms with Gasteiger partial charge in [0.05, 0.1) is 15.2 Å². The zero-order valence-electron chi connectivity index (χ0n) is 11.1. The highest BCUT2D eigenvalue weighted by atomic mass is 32.1. The van der Waals surface area contributed by atoms with Crippen LogP contribution in [-0.4, -0.2) is 9.55 Å². The van der Waals surface area contributed by atoms with Gasteiger partial charge in [-0.15, -0.1) is 11.3 Å². The van der Waals surface area contributed by atoms with Crippen molar-refractivity contribution in [2.45, 2.75) is 13.8 Å². The molecule has 0 radical (unpaired) electrons. The molecule has 0 fully saturated rings. The Kier molecular flexibility index (Phi) is 2.65. The van der Waals surface area contributed by atoms with Crippen molar-refractivity contribution in [3.63, 3.8) is 0 Å². The van der Waals surface area contributed by atoms with E-state index < -0.39 is 0 Å². The number of thiazole rings is 1. The number of benzene rings is 1. The van der Waals surface area contributed by atoms with Gasteiger partial charge < -0.3 is 4.57 Å². The average Bonchev–Trinajstić information content (AvgIpc) is 2.90. The normalized spacial score (nSPS) is 10.8. The van der Waals surface area contributed by atoms with Gasteiger partial charge in [-0.3, -0.25) is 0 Å². The molecular weight excluding hydrogens is 254 g/mol. The third kappa shape index (κ3) is 1.83. The molecule has 0 aliphatic heterocycles. The van der Waals surface area contributed by atoms with Crippen molar-refractivity contribution in [1.29, 1.82) is 5.26 Å². The van der Waals surface area contributed by atoms with Gasteiger partial charge in [0.2, 0.25) is 0 Å². The van der Waals surface area contributed by atoms with Gasteiger partial charge in [0, 0.05) is 18.3 Å². The zero-order valence-corrected chi connectivity index (χ0v) is 11.9. The first-order chi connectivity index (χ1) is 9.10. The molecule has 0 N–H and O–H groups in total. The molecule has 0 saturated carbocycles. The monoisotopic (exact) mass is 267 g/mol. The fourth-order valence-corrected chi connectivity index (χ4v) is 3.12. The molecule has 4 heteroatoms. The number of aromatic nitrogens is 2. The van der Waals surface area contributed by atoms with E-state index in [1.807, 2.05) is 31.5 Å². The van der Waals surface area contributed by atoms with Gasteiger partial charge >= 0.3 is 0 Å². The summed E-state index contributed by atoms with van der Waals surface area (Å²) in [7, 11) is 1.92. The standard InChI is InChI=1S/C15H13N3S/c1-9-13(7-12(8-16)18(9)3)11-4-5-15-14(6-11)17-10(2)19-15/h4-7H,1-3H3. The van der Waals surface area contributed by atoms with Gasteiger partial charge in [0.15, 0.2) is 0 Å². The van der Waals surface area contributed by atoms with Crippen LogP contribution in [0, 0.1) is 25.2 Å². The van der Waals surface area contributed by atoms with Crippen molar-refractivity contribution >= 4 is 21.6 Å². The summed E-state index contributed by atoms with van der Waals surface area (Å²) < 4.78 is 3.13. The maximum atomic E-state index is 9.10. The molecule has 3 rings (SSSR count). The molecule has 0 atom stereocenters. The molecule has 94 valence electrons. The second-order valence-corrected chi connectivity index (χ2v) is 5.85. The quantitative estimate of drug-likeness (QED) is 0.673. The van der Waals surface area contributed by atoms with E-state index in [2.05, 4.69) is 29.3 Å². The first-order valence-corrected chi connectivity index (χ1v) is 6.86. The maximum Gasteiger partial charge on any atom is 0.120 e. The highest BCUT2D eigenvalue weighted by Crippen LogP contribution is 2.30. The Hall–Kier alpha value is -2.12. The van der Waals surface area contributed by atoms with Crippen molar-refractivity contribution in [3.05, 3.63) is 40.7 Å². The summed E-state index contributed by atoms with van der Waals surface area (Å²) in [6.45, 7) is 4.05. The highest BCUT2D eigenvalue weighted by Gasteiger charge is 2.11. The molecule has 0 unspecified atom stereocenters. The lowest BCUT2D eigenvalue weighted by atomic mass is 10.1. The van der Waals surface area contributed by atoms with Gasteiger partial charge in [0.1, 0.15) is 11.8 Å². The summed E-state index contributed by atoms with van der Waals surface area (Å²) in [5.74, 6) is 0. The molecule has 19 heavy (non-hydrogen) atoms. The summed E-state index contributed by atoms with van der Waals surface area (Å²) in [5, 5.41) is 10.2. The molecule has 3 nitrogen and oxygen atoms in total. The minimum absolute atomic E-state index is 0.682. The molecule has 3 aromatic rings. The topological polar surface area (TPSA) is 41.6 Å². The predicted molar refractivity (Wildman–Crippen MR) is 78.2 cm³/mol. The van der Waals surface area contributed by atoms with Crippen LogP contribution in [0.25, 0.3) is 21.3 Å². The van der Waals surface area contributed by atoms with E-state index in [-0.39, 0.29) is 0 Å². The number of fused-ring (bicyclic) bond motifs is 1. The van der Waals surface area contributed by atoms with Crippen LogP contribution in [0.2, 0.25) is 0 Å². The van der Waals surface area contributed by atoms with Crippen LogP contribution in [-0.2, 0) is 7.05 Å². The van der Waals surface area contributed by atoms with Crippen LogP contribution >= 0.6 is 11.3 Å². The van der Waals surface area contributed by atoms with E-state index in [0.717, 1.165) is 27.3 Å². The number of rotatable bonds is 1. The van der Waals surface area contributed by atoms with Crippen LogP contribution in [0.1, 0.15) is 16.4 Å². The summed E-state index contributed by atoms with van der Waals surface area (Å²) in [4.78, 5) is 4.53. The summed E-state index contributed by atoms with van der Waals surface area (Å²) in [5.41, 5.74) is 5.03. The second-order valence-electron chi connectivity index (χ2n) is 4.61.